The Kier molecular flexibility index (Phi) is 6.02. The molecule has 1 aliphatic rings. The highest BCUT2D eigenvalue weighted by Gasteiger charge is 2.42. The third kappa shape index (κ3) is 3.75. The van der Waals surface area contributed by atoms with E-state index in [-0.39, 0.29) is 5.41 Å². The quantitative estimate of drug-likeness (QED) is 0.601. The van der Waals surface area contributed by atoms with E-state index < -0.39 is 0 Å². The Balaban J connectivity index is 2.13. The lowest BCUT2D eigenvalue weighted by molar-refractivity contribution is -0.125. The van der Waals surface area contributed by atoms with E-state index in [2.05, 4.69) is 38.1 Å². The third-order valence-electron chi connectivity index (χ3n) is 5.33. The first-order valence-corrected chi connectivity index (χ1v) is 8.81. The van der Waals surface area contributed by atoms with Crippen LogP contribution in [0.1, 0.15) is 77.2 Å². The average Bonchev–Trinajstić information content (AvgIpc) is 3.03. The van der Waals surface area contributed by atoms with Gasteiger partial charge in [0.1, 0.15) is 5.78 Å². The van der Waals surface area contributed by atoms with Crippen molar-refractivity contribution in [2.24, 2.45) is 5.92 Å². The molecule has 1 aromatic rings. The molecule has 0 amide bonds. The Hall–Kier alpha value is -1.11. The molecule has 1 saturated carbocycles. The lowest BCUT2D eigenvalue weighted by Crippen LogP contribution is -2.34. The first-order valence-electron chi connectivity index (χ1n) is 8.81. The summed E-state index contributed by atoms with van der Waals surface area (Å²) in [7, 11) is 0. The van der Waals surface area contributed by atoms with Crippen LogP contribution < -0.4 is 0 Å². The van der Waals surface area contributed by atoms with E-state index in [1.54, 1.807) is 0 Å². The molecular formula is C20H30O. The summed E-state index contributed by atoms with van der Waals surface area (Å²) in [6.07, 6.45) is 10.1. The summed E-state index contributed by atoms with van der Waals surface area (Å²) < 4.78 is 0. The number of benzene rings is 1. The summed E-state index contributed by atoms with van der Waals surface area (Å²) in [4.78, 5) is 13.1. The van der Waals surface area contributed by atoms with Crippen LogP contribution in [-0.4, -0.2) is 5.78 Å². The van der Waals surface area contributed by atoms with Gasteiger partial charge in [0.15, 0.2) is 0 Å². The van der Waals surface area contributed by atoms with Gasteiger partial charge in [0.05, 0.1) is 5.41 Å². The van der Waals surface area contributed by atoms with Crippen LogP contribution in [0.2, 0.25) is 0 Å². The molecule has 0 bridgehead atoms. The maximum absolute atomic E-state index is 13.1. The highest BCUT2D eigenvalue weighted by atomic mass is 16.1. The van der Waals surface area contributed by atoms with Crippen molar-refractivity contribution in [3.63, 3.8) is 0 Å². The molecule has 1 nitrogen and oxygen atoms in total. The maximum atomic E-state index is 13.1. The van der Waals surface area contributed by atoms with Gasteiger partial charge in [0, 0.05) is 6.42 Å². The van der Waals surface area contributed by atoms with Crippen LogP contribution in [0.5, 0.6) is 0 Å². The van der Waals surface area contributed by atoms with Crippen LogP contribution in [0, 0.1) is 5.92 Å². The molecule has 0 saturated heterocycles. The monoisotopic (exact) mass is 286 g/mol. The van der Waals surface area contributed by atoms with E-state index in [0.29, 0.717) is 11.7 Å². The molecule has 2 rings (SSSR count). The second-order valence-electron chi connectivity index (χ2n) is 6.70. The van der Waals surface area contributed by atoms with E-state index in [9.17, 15) is 4.79 Å². The van der Waals surface area contributed by atoms with E-state index in [1.165, 1.54) is 37.7 Å². The molecule has 0 spiro atoms. The number of rotatable bonds is 8. The molecule has 1 aromatic carbocycles. The first-order chi connectivity index (χ1) is 10.2. The molecule has 1 unspecified atom stereocenters. The van der Waals surface area contributed by atoms with Crippen molar-refractivity contribution in [1.29, 1.82) is 0 Å². The molecule has 1 aliphatic carbocycles. The number of carbonyl (C=O) groups excluding carboxylic acids is 1. The average molecular weight is 286 g/mol. The smallest absolute Gasteiger partial charge is 0.143 e. The molecule has 0 radical (unpaired) electrons. The first kappa shape index (κ1) is 16.3. The summed E-state index contributed by atoms with van der Waals surface area (Å²) in [5.74, 6) is 1.09. The van der Waals surface area contributed by atoms with Crippen LogP contribution in [0.15, 0.2) is 30.3 Å². The summed E-state index contributed by atoms with van der Waals surface area (Å²) in [5.41, 5.74) is 1.10. The maximum Gasteiger partial charge on any atom is 0.143 e. The molecule has 0 N–H and O–H groups in total. The van der Waals surface area contributed by atoms with Crippen molar-refractivity contribution in [3.05, 3.63) is 35.9 Å². The van der Waals surface area contributed by atoms with Gasteiger partial charge in [0.2, 0.25) is 0 Å². The second kappa shape index (κ2) is 7.77. The molecule has 21 heavy (non-hydrogen) atoms. The van der Waals surface area contributed by atoms with E-state index in [4.69, 9.17) is 0 Å². The van der Waals surface area contributed by atoms with Gasteiger partial charge >= 0.3 is 0 Å². The third-order valence-corrected chi connectivity index (χ3v) is 5.33. The summed E-state index contributed by atoms with van der Waals surface area (Å²) in [5, 5.41) is 0. The number of unbranched alkanes of at least 4 members (excludes halogenated alkanes) is 1. The second-order valence-corrected chi connectivity index (χ2v) is 6.70. The van der Waals surface area contributed by atoms with E-state index in [1.807, 2.05) is 6.07 Å². The Morgan fingerprint density at radius 1 is 1.14 bits per heavy atom. The van der Waals surface area contributed by atoms with E-state index >= 15 is 0 Å². The summed E-state index contributed by atoms with van der Waals surface area (Å²) in [6.45, 7) is 4.47. The number of carbonyl (C=O) groups is 1. The standard InChI is InChI=1S/C20H30O/c1-3-5-11-17(4-2)16-19(21)20(14-9-10-15-20)18-12-7-6-8-13-18/h6-8,12-13,17H,3-5,9-11,14-16H2,1-2H3. The number of hydrogen-bond donors (Lipinski definition) is 0. The molecule has 1 fully saturated rings. The molecular weight excluding hydrogens is 256 g/mol. The SMILES string of the molecule is CCCCC(CC)CC(=O)C1(c2ccccc2)CCCC1. The number of Topliss-reactive ketones (excluding diaryl/α,β-unsaturated/α-hetero) is 1. The van der Waals surface area contributed by atoms with Crippen molar-refractivity contribution in [1.82, 2.24) is 0 Å². The highest BCUT2D eigenvalue weighted by Crippen LogP contribution is 2.43. The minimum atomic E-state index is -0.166. The van der Waals surface area contributed by atoms with Gasteiger partial charge in [-0.15, -0.1) is 0 Å². The van der Waals surface area contributed by atoms with Gasteiger partial charge in [-0.2, -0.15) is 0 Å². The molecule has 1 heteroatoms. The minimum absolute atomic E-state index is 0.166. The number of ketones is 1. The molecule has 116 valence electrons. The van der Waals surface area contributed by atoms with E-state index in [0.717, 1.165) is 25.7 Å². The predicted molar refractivity (Wildman–Crippen MR) is 89.5 cm³/mol. The zero-order valence-corrected chi connectivity index (χ0v) is 13.7. The Morgan fingerprint density at radius 2 is 1.81 bits per heavy atom. The van der Waals surface area contributed by atoms with Crippen molar-refractivity contribution < 1.29 is 4.79 Å². The van der Waals surface area contributed by atoms with Crippen LogP contribution in [0.25, 0.3) is 0 Å². The lowest BCUT2D eigenvalue weighted by Gasteiger charge is -2.30. The topological polar surface area (TPSA) is 17.1 Å². The summed E-state index contributed by atoms with van der Waals surface area (Å²) >= 11 is 0. The predicted octanol–water partition coefficient (Wildman–Crippen LogP) is 5.67. The highest BCUT2D eigenvalue weighted by molar-refractivity contribution is 5.90. The normalized spacial score (nSPS) is 18.6. The largest absolute Gasteiger partial charge is 0.299 e. The Bertz CT molecular complexity index is 428. The molecule has 0 heterocycles. The van der Waals surface area contributed by atoms with Crippen molar-refractivity contribution >= 4 is 5.78 Å². The van der Waals surface area contributed by atoms with Crippen molar-refractivity contribution in [3.8, 4) is 0 Å². The van der Waals surface area contributed by atoms with Crippen LogP contribution in [0.3, 0.4) is 0 Å². The fourth-order valence-electron chi connectivity index (χ4n) is 3.87. The van der Waals surface area contributed by atoms with Crippen LogP contribution in [-0.2, 0) is 10.2 Å². The molecule has 0 aromatic heterocycles. The number of hydrogen-bond acceptors (Lipinski definition) is 1. The molecule has 0 aliphatic heterocycles. The van der Waals surface area contributed by atoms with Crippen LogP contribution >= 0.6 is 0 Å². The zero-order chi connectivity index (χ0) is 15.1. The lowest BCUT2D eigenvalue weighted by atomic mass is 9.72. The Morgan fingerprint density at radius 3 is 2.38 bits per heavy atom. The minimum Gasteiger partial charge on any atom is -0.299 e. The van der Waals surface area contributed by atoms with Crippen molar-refractivity contribution in [2.75, 3.05) is 0 Å². The van der Waals surface area contributed by atoms with Crippen molar-refractivity contribution in [2.45, 2.75) is 77.0 Å². The van der Waals surface area contributed by atoms with Crippen LogP contribution in [0.4, 0.5) is 0 Å². The van der Waals surface area contributed by atoms with Gasteiger partial charge < -0.3 is 0 Å². The fourth-order valence-corrected chi connectivity index (χ4v) is 3.87. The van der Waals surface area contributed by atoms with Gasteiger partial charge in [0.25, 0.3) is 0 Å². The summed E-state index contributed by atoms with van der Waals surface area (Å²) in [6, 6.07) is 10.5. The Labute approximate surface area is 130 Å². The van der Waals surface area contributed by atoms with Gasteiger partial charge in [-0.05, 0) is 24.3 Å². The van der Waals surface area contributed by atoms with Gasteiger partial charge in [-0.1, -0.05) is 82.7 Å². The van der Waals surface area contributed by atoms with Gasteiger partial charge in [-0.25, -0.2) is 0 Å². The zero-order valence-electron chi connectivity index (χ0n) is 13.7. The van der Waals surface area contributed by atoms with Gasteiger partial charge in [-0.3, -0.25) is 4.79 Å². The fraction of sp³-hybridized carbons (Fsp3) is 0.650. The molecule has 1 atom stereocenters.